The van der Waals surface area contributed by atoms with Gasteiger partial charge in [-0.2, -0.15) is 0 Å². The van der Waals surface area contributed by atoms with Gasteiger partial charge in [0.1, 0.15) is 6.10 Å². The van der Waals surface area contributed by atoms with E-state index in [4.69, 9.17) is 0 Å². The van der Waals surface area contributed by atoms with Crippen LogP contribution in [0.2, 0.25) is 0 Å². The summed E-state index contributed by atoms with van der Waals surface area (Å²) in [4.78, 5) is 13.4. The summed E-state index contributed by atoms with van der Waals surface area (Å²) in [6.45, 7) is 10.7. The third kappa shape index (κ3) is 4.00. The van der Waals surface area contributed by atoms with Crippen molar-refractivity contribution in [2.45, 2.75) is 128 Å². The molecule has 0 spiro atoms. The number of ketones is 1. The fourth-order valence-corrected chi connectivity index (χ4v) is 9.03. The van der Waals surface area contributed by atoms with E-state index in [0.29, 0.717) is 37.7 Å². The molecule has 0 saturated heterocycles. The molecule has 212 valence electrons. The fraction of sp³-hybridized carbons (Fsp3) is 0.897. The van der Waals surface area contributed by atoms with E-state index in [1.807, 2.05) is 13.8 Å². The van der Waals surface area contributed by atoms with Gasteiger partial charge in [0, 0.05) is 16.7 Å². The Morgan fingerprint density at radius 3 is 2.24 bits per heavy atom. The van der Waals surface area contributed by atoms with Crippen molar-refractivity contribution in [3.63, 3.8) is 0 Å². The van der Waals surface area contributed by atoms with Crippen LogP contribution < -0.4 is 0 Å². The van der Waals surface area contributed by atoms with E-state index >= 15 is 0 Å². The molecule has 8 heteroatoms. The van der Waals surface area contributed by atoms with Gasteiger partial charge in [-0.25, -0.2) is 0 Å². The van der Waals surface area contributed by atoms with E-state index < -0.39 is 63.9 Å². The highest BCUT2D eigenvalue weighted by atomic mass is 16.4. The van der Waals surface area contributed by atoms with Crippen molar-refractivity contribution in [1.29, 1.82) is 0 Å². The van der Waals surface area contributed by atoms with Crippen LogP contribution in [0.4, 0.5) is 0 Å². The first kappa shape index (κ1) is 29.1. The van der Waals surface area contributed by atoms with Crippen molar-refractivity contribution in [1.82, 2.24) is 0 Å². The van der Waals surface area contributed by atoms with Gasteiger partial charge in [0.05, 0.1) is 35.1 Å². The summed E-state index contributed by atoms with van der Waals surface area (Å²) in [6, 6.07) is 0. The second-order valence-corrected chi connectivity index (χ2v) is 13.9. The van der Waals surface area contributed by atoms with E-state index in [9.17, 15) is 40.5 Å². The third-order valence-electron chi connectivity index (χ3n) is 11.7. The molecule has 8 nitrogen and oxygen atoms in total. The predicted octanol–water partition coefficient (Wildman–Crippen LogP) is 1.46. The van der Waals surface area contributed by atoms with Crippen LogP contribution in [0, 0.1) is 34.5 Å². The molecule has 0 aromatic rings. The summed E-state index contributed by atoms with van der Waals surface area (Å²) < 4.78 is 0. The normalized spacial score (nSPS) is 47.3. The second-order valence-electron chi connectivity index (χ2n) is 13.9. The fourth-order valence-electron chi connectivity index (χ4n) is 9.03. The first-order valence-electron chi connectivity index (χ1n) is 14.0. The molecule has 3 fully saturated rings. The Labute approximate surface area is 220 Å². The first-order chi connectivity index (χ1) is 16.9. The zero-order valence-electron chi connectivity index (χ0n) is 23.2. The molecule has 0 aromatic carbocycles. The molecule has 12 atom stereocenters. The zero-order valence-corrected chi connectivity index (χ0v) is 23.2. The molecule has 37 heavy (non-hydrogen) atoms. The maximum absolute atomic E-state index is 13.4. The summed E-state index contributed by atoms with van der Waals surface area (Å²) >= 11 is 0. The molecule has 0 unspecified atom stereocenters. The van der Waals surface area contributed by atoms with Crippen LogP contribution in [-0.2, 0) is 4.79 Å². The van der Waals surface area contributed by atoms with Gasteiger partial charge in [-0.1, -0.05) is 27.2 Å². The van der Waals surface area contributed by atoms with Crippen molar-refractivity contribution in [2.75, 3.05) is 0 Å². The number of hydrogen-bond donors (Lipinski definition) is 7. The number of aliphatic hydroxyl groups excluding tert-OH is 4. The quantitative estimate of drug-likeness (QED) is 0.275. The van der Waals surface area contributed by atoms with Gasteiger partial charge in [0.2, 0.25) is 0 Å². The number of rotatable bonds is 6. The minimum absolute atomic E-state index is 0.0624. The molecular weight excluding hydrogens is 476 g/mol. The Bertz CT molecular complexity index is 939. The molecule has 0 aliphatic heterocycles. The van der Waals surface area contributed by atoms with Gasteiger partial charge in [-0.05, 0) is 88.7 Å². The van der Waals surface area contributed by atoms with Crippen molar-refractivity contribution in [2.24, 2.45) is 34.5 Å². The van der Waals surface area contributed by atoms with E-state index in [2.05, 4.69) is 0 Å². The van der Waals surface area contributed by atoms with Gasteiger partial charge in [-0.3, -0.25) is 4.79 Å². The summed E-state index contributed by atoms with van der Waals surface area (Å²) in [6.07, 6.45) is -0.788. The van der Waals surface area contributed by atoms with Gasteiger partial charge in [0.25, 0.3) is 0 Å². The number of carbonyl (C=O) groups excluding carboxylic acids is 1. The number of allylic oxidation sites excluding steroid dienone is 1. The largest absolute Gasteiger partial charge is 0.390 e. The summed E-state index contributed by atoms with van der Waals surface area (Å²) in [5.41, 5.74) is -5.29. The summed E-state index contributed by atoms with van der Waals surface area (Å²) in [5, 5.41) is 77.8. The first-order valence-corrected chi connectivity index (χ1v) is 14.0. The third-order valence-corrected chi connectivity index (χ3v) is 11.7. The molecule has 4 aliphatic carbocycles. The van der Waals surface area contributed by atoms with Crippen LogP contribution >= 0.6 is 0 Å². The molecule has 0 amide bonds. The topological polar surface area (TPSA) is 159 Å². The highest BCUT2D eigenvalue weighted by Crippen LogP contribution is 2.68. The Kier molecular flexibility index (Phi) is 7.15. The molecule has 3 saturated carbocycles. The zero-order chi connectivity index (χ0) is 27.9. The van der Waals surface area contributed by atoms with Crippen molar-refractivity contribution < 1.29 is 40.5 Å². The number of aliphatic hydroxyl groups is 7. The van der Waals surface area contributed by atoms with E-state index in [1.165, 1.54) is 6.08 Å². The average Bonchev–Trinajstić information content (AvgIpc) is 3.09. The summed E-state index contributed by atoms with van der Waals surface area (Å²) in [7, 11) is 0. The predicted molar refractivity (Wildman–Crippen MR) is 137 cm³/mol. The molecule has 0 radical (unpaired) electrons. The maximum Gasteiger partial charge on any atom is 0.159 e. The van der Waals surface area contributed by atoms with Crippen LogP contribution in [0.15, 0.2) is 11.6 Å². The van der Waals surface area contributed by atoms with Gasteiger partial charge in [0.15, 0.2) is 5.78 Å². The van der Waals surface area contributed by atoms with Crippen LogP contribution in [0.25, 0.3) is 0 Å². The van der Waals surface area contributed by atoms with Gasteiger partial charge >= 0.3 is 0 Å². The number of carbonyl (C=O) groups is 1. The molecule has 0 heterocycles. The standard InChI is InChI=1S/C29H48O8/c1-7-15(25(2,3)35)12-22(32)28(6,36)21-9-11-29(37)17-13-19(30)18-14-20(31)23(33)24(34)27(18,5)16(17)8-10-26(21,29)4/h13,15-16,18,20-24,31-37H,7-12,14H2,1-6H3/t15-,16+,18+,20-,21+,22-,23-,24-,26-,27-,28-,29-/m1/s1. The monoisotopic (exact) mass is 524 g/mol. The SMILES string of the molecule is CC[C@H](C[C@@H](O)[C@](C)(O)[C@H]1CC[C@@]2(O)C3=CC(=O)[C@@H]4C[C@@H](O)[C@@H](O)[C@@H](O)[C@]4(C)[C@H]3CC[C@]12C)C(C)(C)O. The Morgan fingerprint density at radius 1 is 1.05 bits per heavy atom. The Hall–Kier alpha value is -0.870. The second kappa shape index (κ2) is 9.08. The van der Waals surface area contributed by atoms with Gasteiger partial charge in [-0.15, -0.1) is 0 Å². The van der Waals surface area contributed by atoms with Crippen molar-refractivity contribution in [3.8, 4) is 0 Å². The lowest BCUT2D eigenvalue weighted by molar-refractivity contribution is -0.205. The lowest BCUT2D eigenvalue weighted by Crippen LogP contribution is -2.66. The lowest BCUT2D eigenvalue weighted by Gasteiger charge is -2.61. The van der Waals surface area contributed by atoms with Crippen LogP contribution in [0.5, 0.6) is 0 Å². The highest BCUT2D eigenvalue weighted by Gasteiger charge is 2.70. The number of hydrogen-bond acceptors (Lipinski definition) is 8. The Morgan fingerprint density at radius 2 is 1.68 bits per heavy atom. The van der Waals surface area contributed by atoms with Crippen LogP contribution in [0.3, 0.4) is 0 Å². The maximum atomic E-state index is 13.4. The molecule has 0 aromatic heterocycles. The van der Waals surface area contributed by atoms with E-state index in [-0.39, 0.29) is 30.5 Å². The van der Waals surface area contributed by atoms with Crippen LogP contribution in [-0.4, -0.2) is 82.7 Å². The molecule has 0 bridgehead atoms. The van der Waals surface area contributed by atoms with Crippen molar-refractivity contribution in [3.05, 3.63) is 11.6 Å². The van der Waals surface area contributed by atoms with E-state index in [1.54, 1.807) is 27.7 Å². The number of fused-ring (bicyclic) bond motifs is 5. The molecule has 7 N–H and O–H groups in total. The summed E-state index contributed by atoms with van der Waals surface area (Å²) in [5.74, 6) is -1.97. The van der Waals surface area contributed by atoms with E-state index in [0.717, 1.165) is 0 Å². The Balaban J connectivity index is 1.69. The molecule has 4 aliphatic rings. The van der Waals surface area contributed by atoms with Crippen molar-refractivity contribution >= 4 is 5.78 Å². The van der Waals surface area contributed by atoms with Gasteiger partial charge < -0.3 is 35.7 Å². The smallest absolute Gasteiger partial charge is 0.159 e. The molecule has 4 rings (SSSR count). The minimum Gasteiger partial charge on any atom is -0.390 e. The minimum atomic E-state index is -1.54. The lowest BCUT2D eigenvalue weighted by atomic mass is 9.45. The average molecular weight is 525 g/mol. The molecular formula is C29H48O8. The highest BCUT2D eigenvalue weighted by molar-refractivity contribution is 5.95. The van der Waals surface area contributed by atoms with Crippen LogP contribution in [0.1, 0.15) is 86.5 Å².